The number of rotatable bonds is 9. The lowest BCUT2D eigenvalue weighted by Gasteiger charge is -2.03. The summed E-state index contributed by atoms with van der Waals surface area (Å²) in [5.41, 5.74) is 1.46. The van der Waals surface area contributed by atoms with E-state index in [1.165, 1.54) is 37.8 Å². The molecule has 0 aromatic carbocycles. The second kappa shape index (κ2) is 9.17. The molecule has 1 rings (SSSR count). The highest BCUT2D eigenvalue weighted by atomic mass is 16.2. The number of aromatic nitrogens is 1. The van der Waals surface area contributed by atoms with E-state index < -0.39 is 0 Å². The van der Waals surface area contributed by atoms with E-state index in [1.54, 1.807) is 0 Å². The number of pyridine rings is 1. The van der Waals surface area contributed by atoms with E-state index in [9.17, 15) is 0 Å². The van der Waals surface area contributed by atoms with Gasteiger partial charge in [0, 0.05) is 31.6 Å². The summed E-state index contributed by atoms with van der Waals surface area (Å²) in [6, 6.07) is 6.49. The zero-order valence-corrected chi connectivity index (χ0v) is 11.1. The van der Waals surface area contributed by atoms with Crippen LogP contribution in [0.4, 0.5) is 0 Å². The van der Waals surface area contributed by atoms with Gasteiger partial charge in [-0.05, 0) is 19.3 Å². The zero-order valence-electron chi connectivity index (χ0n) is 11.1. The maximum absolute atomic E-state index is 8.72. The standard InChI is InChI=1S/C15H26NO/c1-2-3-10-15-11-6-8-13-16(15)12-7-4-5-9-14-17/h6,8,11,13,17H,2-5,7,9-10,12,14H2,1H3/q+1. The minimum atomic E-state index is 0.334. The molecule has 0 spiro atoms. The van der Waals surface area contributed by atoms with Crippen molar-refractivity contribution in [3.8, 4) is 0 Å². The van der Waals surface area contributed by atoms with E-state index in [-0.39, 0.29) is 0 Å². The highest BCUT2D eigenvalue weighted by Gasteiger charge is 2.07. The van der Waals surface area contributed by atoms with Gasteiger partial charge in [-0.1, -0.05) is 25.8 Å². The minimum Gasteiger partial charge on any atom is -0.396 e. The van der Waals surface area contributed by atoms with Crippen LogP contribution in [0.3, 0.4) is 0 Å². The van der Waals surface area contributed by atoms with E-state index in [4.69, 9.17) is 5.11 Å². The molecule has 96 valence electrons. The summed E-state index contributed by atoms with van der Waals surface area (Å²) in [7, 11) is 0. The van der Waals surface area contributed by atoms with Gasteiger partial charge in [-0.2, -0.15) is 0 Å². The van der Waals surface area contributed by atoms with Crippen molar-refractivity contribution in [2.24, 2.45) is 0 Å². The second-order valence-electron chi connectivity index (χ2n) is 4.63. The lowest BCUT2D eigenvalue weighted by atomic mass is 10.1. The highest BCUT2D eigenvalue weighted by molar-refractivity contribution is 4.97. The van der Waals surface area contributed by atoms with E-state index in [2.05, 4.69) is 35.9 Å². The number of aryl methyl sites for hydroxylation is 2. The predicted octanol–water partition coefficient (Wildman–Crippen LogP) is 2.87. The lowest BCUT2D eigenvalue weighted by Crippen LogP contribution is -2.37. The first kappa shape index (κ1) is 14.2. The fraction of sp³-hybridized carbons (Fsp3) is 0.667. The molecular formula is C15H26NO+. The molecule has 1 aromatic heterocycles. The van der Waals surface area contributed by atoms with Crippen LogP contribution in [0.25, 0.3) is 0 Å². The summed E-state index contributed by atoms with van der Waals surface area (Å²) < 4.78 is 2.38. The van der Waals surface area contributed by atoms with Crippen LogP contribution in [0.15, 0.2) is 24.4 Å². The molecule has 1 N–H and O–H groups in total. The van der Waals surface area contributed by atoms with Crippen LogP contribution >= 0.6 is 0 Å². The maximum atomic E-state index is 8.72. The average Bonchev–Trinajstić information content (AvgIpc) is 2.37. The third-order valence-corrected chi connectivity index (χ3v) is 3.13. The van der Waals surface area contributed by atoms with Gasteiger partial charge in [0.2, 0.25) is 0 Å². The van der Waals surface area contributed by atoms with Gasteiger partial charge in [0.15, 0.2) is 11.9 Å². The van der Waals surface area contributed by atoms with Gasteiger partial charge >= 0.3 is 0 Å². The van der Waals surface area contributed by atoms with Crippen LogP contribution in [0.2, 0.25) is 0 Å². The van der Waals surface area contributed by atoms with Crippen LogP contribution in [-0.4, -0.2) is 11.7 Å². The molecule has 0 saturated heterocycles. The number of aliphatic hydroxyl groups excluding tert-OH is 1. The zero-order chi connectivity index (χ0) is 12.3. The molecule has 2 heteroatoms. The van der Waals surface area contributed by atoms with Gasteiger partial charge in [-0.15, -0.1) is 0 Å². The van der Waals surface area contributed by atoms with Gasteiger partial charge < -0.3 is 5.11 Å². The Morgan fingerprint density at radius 1 is 1.06 bits per heavy atom. The Morgan fingerprint density at radius 2 is 1.88 bits per heavy atom. The van der Waals surface area contributed by atoms with Crippen LogP contribution in [0.5, 0.6) is 0 Å². The fourth-order valence-electron chi connectivity index (χ4n) is 2.06. The van der Waals surface area contributed by atoms with Gasteiger partial charge in [0.05, 0.1) is 0 Å². The van der Waals surface area contributed by atoms with Crippen molar-refractivity contribution < 1.29 is 9.67 Å². The number of aliphatic hydroxyl groups is 1. The van der Waals surface area contributed by atoms with Crippen LogP contribution < -0.4 is 4.57 Å². The van der Waals surface area contributed by atoms with Crippen molar-refractivity contribution >= 4 is 0 Å². The first-order valence-corrected chi connectivity index (χ1v) is 6.96. The van der Waals surface area contributed by atoms with E-state index in [0.717, 1.165) is 19.4 Å². The molecule has 0 atom stereocenters. The Balaban J connectivity index is 2.35. The van der Waals surface area contributed by atoms with Crippen molar-refractivity contribution in [2.75, 3.05) is 6.61 Å². The smallest absolute Gasteiger partial charge is 0.181 e. The van der Waals surface area contributed by atoms with E-state index >= 15 is 0 Å². The molecule has 1 aromatic rings. The molecule has 0 bridgehead atoms. The van der Waals surface area contributed by atoms with Crippen molar-refractivity contribution in [3.63, 3.8) is 0 Å². The number of unbranched alkanes of at least 4 members (excludes halogenated alkanes) is 4. The Bertz CT molecular complexity index is 299. The summed E-state index contributed by atoms with van der Waals surface area (Å²) in [5, 5.41) is 8.72. The second-order valence-corrected chi connectivity index (χ2v) is 4.63. The van der Waals surface area contributed by atoms with Crippen LogP contribution in [0.1, 0.15) is 51.1 Å². The van der Waals surface area contributed by atoms with Gasteiger partial charge in [-0.25, -0.2) is 4.57 Å². The Morgan fingerprint density at radius 3 is 2.65 bits per heavy atom. The van der Waals surface area contributed by atoms with Gasteiger partial charge in [0.25, 0.3) is 0 Å². The van der Waals surface area contributed by atoms with Crippen molar-refractivity contribution in [1.29, 1.82) is 0 Å². The monoisotopic (exact) mass is 236 g/mol. The Kier molecular flexibility index (Phi) is 7.65. The number of hydrogen-bond acceptors (Lipinski definition) is 1. The molecule has 0 aliphatic heterocycles. The quantitative estimate of drug-likeness (QED) is 0.517. The molecule has 0 saturated carbocycles. The summed E-state index contributed by atoms with van der Waals surface area (Å²) in [5.74, 6) is 0. The number of nitrogens with zero attached hydrogens (tertiary/aromatic N) is 1. The molecule has 0 fully saturated rings. The van der Waals surface area contributed by atoms with Crippen LogP contribution in [0, 0.1) is 0 Å². The maximum Gasteiger partial charge on any atom is 0.181 e. The van der Waals surface area contributed by atoms with E-state index in [0.29, 0.717) is 6.61 Å². The molecule has 0 amide bonds. The third kappa shape index (κ3) is 5.83. The fourth-order valence-corrected chi connectivity index (χ4v) is 2.06. The van der Waals surface area contributed by atoms with Gasteiger partial charge in [-0.3, -0.25) is 0 Å². The normalized spacial score (nSPS) is 10.7. The first-order chi connectivity index (χ1) is 8.38. The summed E-state index contributed by atoms with van der Waals surface area (Å²) in [4.78, 5) is 0. The largest absolute Gasteiger partial charge is 0.396 e. The molecule has 1 heterocycles. The SMILES string of the molecule is CCCCc1cccc[n+]1CCCCCCO. The van der Waals surface area contributed by atoms with Gasteiger partial charge in [0.1, 0.15) is 6.54 Å². The van der Waals surface area contributed by atoms with Crippen molar-refractivity contribution in [2.45, 2.75) is 58.4 Å². The predicted molar refractivity (Wildman–Crippen MR) is 70.8 cm³/mol. The summed E-state index contributed by atoms with van der Waals surface area (Å²) in [6.45, 7) is 3.69. The molecular weight excluding hydrogens is 210 g/mol. The topological polar surface area (TPSA) is 24.1 Å². The molecule has 2 nitrogen and oxygen atoms in total. The summed E-state index contributed by atoms with van der Waals surface area (Å²) in [6.07, 6.45) is 10.4. The summed E-state index contributed by atoms with van der Waals surface area (Å²) >= 11 is 0. The Labute approximate surface area is 105 Å². The lowest BCUT2D eigenvalue weighted by molar-refractivity contribution is -0.704. The van der Waals surface area contributed by atoms with Crippen molar-refractivity contribution in [1.82, 2.24) is 0 Å². The Hall–Kier alpha value is -0.890. The minimum absolute atomic E-state index is 0.334. The van der Waals surface area contributed by atoms with Crippen molar-refractivity contribution in [3.05, 3.63) is 30.1 Å². The average molecular weight is 236 g/mol. The molecule has 0 radical (unpaired) electrons. The third-order valence-electron chi connectivity index (χ3n) is 3.13. The number of hydrogen-bond donors (Lipinski definition) is 1. The highest BCUT2D eigenvalue weighted by Crippen LogP contribution is 2.02. The molecule has 0 aliphatic carbocycles. The molecule has 0 aliphatic rings. The molecule has 0 unspecified atom stereocenters. The van der Waals surface area contributed by atoms with Crippen LogP contribution in [-0.2, 0) is 13.0 Å². The van der Waals surface area contributed by atoms with E-state index in [1.807, 2.05) is 0 Å². The molecule has 17 heavy (non-hydrogen) atoms. The first-order valence-electron chi connectivity index (χ1n) is 6.96.